The average Bonchev–Trinajstić information content (AvgIpc) is 2.42. The van der Waals surface area contributed by atoms with Crippen LogP contribution in [0.25, 0.3) is 0 Å². The van der Waals surface area contributed by atoms with E-state index in [1.54, 1.807) is 0 Å². The van der Waals surface area contributed by atoms with E-state index in [1.165, 1.54) is 0 Å². The normalized spacial score (nSPS) is 10.5. The smallest absolute Gasteiger partial charge is 0.0681 e. The molecule has 100 valence electrons. The van der Waals surface area contributed by atoms with Crippen molar-refractivity contribution in [3.8, 4) is 0 Å². The van der Waals surface area contributed by atoms with Gasteiger partial charge in [-0.05, 0) is 35.7 Å². The van der Waals surface area contributed by atoms with Crippen LogP contribution in [0.1, 0.15) is 16.7 Å². The van der Waals surface area contributed by atoms with Gasteiger partial charge in [0.05, 0.1) is 17.3 Å². The molecular weight excluding hydrogens is 281 g/mol. The number of aliphatic hydroxyl groups is 1. The molecule has 2 aromatic carbocycles. The zero-order chi connectivity index (χ0) is 13.8. The first kappa shape index (κ1) is 14.2. The summed E-state index contributed by atoms with van der Waals surface area (Å²) >= 11 is 12.2. The molecular formula is C15H15Cl2NO. The molecule has 2 rings (SSSR count). The van der Waals surface area contributed by atoms with Crippen LogP contribution in [-0.2, 0) is 13.2 Å². The van der Waals surface area contributed by atoms with Gasteiger partial charge >= 0.3 is 0 Å². The van der Waals surface area contributed by atoms with Crippen LogP contribution in [0.2, 0.25) is 10.0 Å². The fourth-order valence-corrected chi connectivity index (χ4v) is 2.19. The van der Waals surface area contributed by atoms with E-state index >= 15 is 0 Å². The van der Waals surface area contributed by atoms with Gasteiger partial charge in [-0.1, -0.05) is 47.5 Å². The second-order valence-electron chi connectivity index (χ2n) is 4.41. The topological polar surface area (TPSA) is 32.3 Å². The van der Waals surface area contributed by atoms with Crippen molar-refractivity contribution in [3.05, 3.63) is 63.1 Å². The highest BCUT2D eigenvalue weighted by Gasteiger charge is 2.04. The molecule has 2 N–H and O–H groups in total. The quantitative estimate of drug-likeness (QED) is 0.876. The highest BCUT2D eigenvalue weighted by Crippen LogP contribution is 2.29. The average molecular weight is 296 g/mol. The number of aliphatic hydroxyl groups excluding tert-OH is 1. The Morgan fingerprint density at radius 1 is 1.00 bits per heavy atom. The number of hydrogen-bond acceptors (Lipinski definition) is 2. The molecule has 0 saturated heterocycles. The van der Waals surface area contributed by atoms with Gasteiger partial charge in [-0.25, -0.2) is 0 Å². The number of benzene rings is 2. The summed E-state index contributed by atoms with van der Waals surface area (Å²) in [6, 6.07) is 11.4. The van der Waals surface area contributed by atoms with Gasteiger partial charge in [-0.3, -0.25) is 0 Å². The van der Waals surface area contributed by atoms with Crippen molar-refractivity contribution in [3.63, 3.8) is 0 Å². The molecule has 2 aromatic rings. The molecule has 2 nitrogen and oxygen atoms in total. The second kappa shape index (κ2) is 6.29. The summed E-state index contributed by atoms with van der Waals surface area (Å²) in [6.07, 6.45) is 0. The van der Waals surface area contributed by atoms with Crippen LogP contribution < -0.4 is 5.32 Å². The standard InChI is InChI=1S/C15H15Cl2NO/c1-10-6-14(17)15(7-13(10)16)18-8-11-2-4-12(9-19)5-3-11/h2-7,18-19H,8-9H2,1H3. The maximum Gasteiger partial charge on any atom is 0.0681 e. The predicted octanol–water partition coefficient (Wildman–Crippen LogP) is 4.41. The van der Waals surface area contributed by atoms with E-state index in [0.29, 0.717) is 16.6 Å². The molecule has 0 amide bonds. The lowest BCUT2D eigenvalue weighted by Gasteiger charge is -2.10. The molecule has 19 heavy (non-hydrogen) atoms. The van der Waals surface area contributed by atoms with Crippen molar-refractivity contribution < 1.29 is 5.11 Å². The van der Waals surface area contributed by atoms with Crippen LogP contribution in [0, 0.1) is 6.92 Å². The highest BCUT2D eigenvalue weighted by molar-refractivity contribution is 6.35. The summed E-state index contributed by atoms with van der Waals surface area (Å²) in [6.45, 7) is 2.64. The van der Waals surface area contributed by atoms with Gasteiger partial charge in [0.2, 0.25) is 0 Å². The first-order chi connectivity index (χ1) is 9.10. The van der Waals surface area contributed by atoms with Crippen LogP contribution in [0.3, 0.4) is 0 Å². The molecule has 0 fully saturated rings. The Kier molecular flexibility index (Phi) is 4.70. The fraction of sp³-hybridized carbons (Fsp3) is 0.200. The summed E-state index contributed by atoms with van der Waals surface area (Å²) in [4.78, 5) is 0. The monoisotopic (exact) mass is 295 g/mol. The molecule has 0 heterocycles. The minimum absolute atomic E-state index is 0.0626. The second-order valence-corrected chi connectivity index (χ2v) is 5.22. The molecule has 0 aliphatic heterocycles. The molecule has 0 aliphatic rings. The van der Waals surface area contributed by atoms with Crippen molar-refractivity contribution >= 4 is 28.9 Å². The number of rotatable bonds is 4. The summed E-state index contributed by atoms with van der Waals surface area (Å²) in [7, 11) is 0. The number of anilines is 1. The lowest BCUT2D eigenvalue weighted by Crippen LogP contribution is -2.00. The Morgan fingerprint density at radius 2 is 1.63 bits per heavy atom. The maximum atomic E-state index is 8.98. The summed E-state index contributed by atoms with van der Waals surface area (Å²) in [5.74, 6) is 0. The van der Waals surface area contributed by atoms with Gasteiger partial charge in [0, 0.05) is 11.6 Å². The number of aryl methyl sites for hydroxylation is 1. The Hall–Kier alpha value is -1.22. The van der Waals surface area contributed by atoms with Gasteiger partial charge in [0.25, 0.3) is 0 Å². The van der Waals surface area contributed by atoms with Crippen LogP contribution in [0.5, 0.6) is 0 Å². The third kappa shape index (κ3) is 3.63. The van der Waals surface area contributed by atoms with Crippen molar-refractivity contribution in [2.24, 2.45) is 0 Å². The SMILES string of the molecule is Cc1cc(Cl)c(NCc2ccc(CO)cc2)cc1Cl. The lowest BCUT2D eigenvalue weighted by molar-refractivity contribution is 0.282. The van der Waals surface area contributed by atoms with Crippen LogP contribution in [-0.4, -0.2) is 5.11 Å². The first-order valence-corrected chi connectivity index (χ1v) is 6.74. The van der Waals surface area contributed by atoms with E-state index in [2.05, 4.69) is 5.32 Å². The van der Waals surface area contributed by atoms with Gasteiger partial charge in [0.1, 0.15) is 0 Å². The number of nitrogens with one attached hydrogen (secondary N) is 1. The van der Waals surface area contributed by atoms with E-state index in [1.807, 2.05) is 43.3 Å². The third-order valence-electron chi connectivity index (χ3n) is 2.94. The number of halogens is 2. The molecule has 0 radical (unpaired) electrons. The van der Waals surface area contributed by atoms with Gasteiger partial charge < -0.3 is 10.4 Å². The fourth-order valence-electron chi connectivity index (χ4n) is 1.74. The first-order valence-electron chi connectivity index (χ1n) is 5.98. The minimum atomic E-state index is 0.0626. The van der Waals surface area contributed by atoms with Crippen LogP contribution in [0.4, 0.5) is 5.69 Å². The Morgan fingerprint density at radius 3 is 2.26 bits per heavy atom. The van der Waals surface area contributed by atoms with Crippen molar-refractivity contribution in [1.82, 2.24) is 0 Å². The molecule has 0 spiro atoms. The molecule has 0 aromatic heterocycles. The van der Waals surface area contributed by atoms with Crippen LogP contribution in [0.15, 0.2) is 36.4 Å². The van der Waals surface area contributed by atoms with Crippen molar-refractivity contribution in [1.29, 1.82) is 0 Å². The molecule has 0 aliphatic carbocycles. The largest absolute Gasteiger partial charge is 0.392 e. The van der Waals surface area contributed by atoms with E-state index in [4.69, 9.17) is 28.3 Å². The molecule has 0 unspecified atom stereocenters. The van der Waals surface area contributed by atoms with E-state index in [-0.39, 0.29) is 6.61 Å². The summed E-state index contributed by atoms with van der Waals surface area (Å²) < 4.78 is 0. The van der Waals surface area contributed by atoms with Gasteiger partial charge in [-0.15, -0.1) is 0 Å². The summed E-state index contributed by atoms with van der Waals surface area (Å²) in [5, 5.41) is 13.6. The van der Waals surface area contributed by atoms with Crippen molar-refractivity contribution in [2.45, 2.75) is 20.1 Å². The summed E-state index contributed by atoms with van der Waals surface area (Å²) in [5.41, 5.74) is 3.80. The van der Waals surface area contributed by atoms with Gasteiger partial charge in [-0.2, -0.15) is 0 Å². The van der Waals surface area contributed by atoms with E-state index in [9.17, 15) is 0 Å². The minimum Gasteiger partial charge on any atom is -0.392 e. The number of hydrogen-bond donors (Lipinski definition) is 2. The molecule has 0 saturated carbocycles. The van der Waals surface area contributed by atoms with Crippen LogP contribution >= 0.6 is 23.2 Å². The van der Waals surface area contributed by atoms with Gasteiger partial charge in [0.15, 0.2) is 0 Å². The third-order valence-corrected chi connectivity index (χ3v) is 3.66. The van der Waals surface area contributed by atoms with Crippen molar-refractivity contribution in [2.75, 3.05) is 5.32 Å². The Bertz CT molecular complexity index is 567. The molecule has 4 heteroatoms. The predicted molar refractivity (Wildman–Crippen MR) is 80.9 cm³/mol. The highest BCUT2D eigenvalue weighted by atomic mass is 35.5. The maximum absolute atomic E-state index is 8.98. The van der Waals surface area contributed by atoms with E-state index < -0.39 is 0 Å². The molecule has 0 bridgehead atoms. The zero-order valence-electron chi connectivity index (χ0n) is 10.6. The van der Waals surface area contributed by atoms with E-state index in [0.717, 1.165) is 22.4 Å². The Labute approximate surface area is 123 Å². The lowest BCUT2D eigenvalue weighted by atomic mass is 10.1. The zero-order valence-corrected chi connectivity index (χ0v) is 12.1. The Balaban J connectivity index is 2.07. The molecule has 0 atom stereocenters.